The number of hydrogen-bond acceptors (Lipinski definition) is 8. The molecule has 1 saturated carbocycles. The molecule has 26 heavy (non-hydrogen) atoms. The second kappa shape index (κ2) is 7.03. The summed E-state index contributed by atoms with van der Waals surface area (Å²) in [5, 5.41) is 4.88. The Morgan fingerprint density at radius 2 is 2.19 bits per heavy atom. The summed E-state index contributed by atoms with van der Waals surface area (Å²) in [5.41, 5.74) is 0.403. The number of nitrogens with zero attached hydrogens (tertiary/aromatic N) is 2. The van der Waals surface area contributed by atoms with E-state index in [1.807, 2.05) is 0 Å². The molecule has 1 aliphatic heterocycles. The number of carbonyl (C=O) groups excluding carboxylic acids is 1. The third kappa shape index (κ3) is 3.14. The van der Waals surface area contributed by atoms with Crippen molar-refractivity contribution in [1.29, 1.82) is 0 Å². The highest BCUT2D eigenvalue weighted by Crippen LogP contribution is 2.29. The monoisotopic (exact) mass is 392 g/mol. The lowest BCUT2D eigenvalue weighted by Crippen LogP contribution is -2.36. The fourth-order valence-electron chi connectivity index (χ4n) is 3.54. The summed E-state index contributed by atoms with van der Waals surface area (Å²) < 4.78 is 4.78. The molecule has 0 aromatic carbocycles. The fraction of sp³-hybridized carbons (Fsp3) is 0.529. The number of methoxy groups -OCH3 is 1. The molecule has 2 aromatic heterocycles. The number of thiophene rings is 1. The van der Waals surface area contributed by atoms with Gasteiger partial charge >= 0.3 is 5.97 Å². The van der Waals surface area contributed by atoms with Crippen LogP contribution in [0.3, 0.4) is 0 Å². The Bertz CT molecular complexity index is 949. The molecule has 1 fully saturated rings. The summed E-state index contributed by atoms with van der Waals surface area (Å²) in [4.78, 5) is 37.4. The van der Waals surface area contributed by atoms with Crippen molar-refractivity contribution in [3.63, 3.8) is 0 Å². The van der Waals surface area contributed by atoms with Crippen LogP contribution < -0.4 is 10.9 Å². The van der Waals surface area contributed by atoms with Gasteiger partial charge in [0.1, 0.15) is 15.5 Å². The van der Waals surface area contributed by atoms with Crippen LogP contribution in [-0.2, 0) is 10.5 Å². The van der Waals surface area contributed by atoms with Gasteiger partial charge < -0.3 is 15.0 Å². The predicted molar refractivity (Wildman–Crippen MR) is 104 cm³/mol. The normalized spacial score (nSPS) is 22.0. The number of aryl methyl sites for hydroxylation is 1. The Morgan fingerprint density at radius 3 is 2.96 bits per heavy atom. The molecule has 9 heteroatoms. The molecular weight excluding hydrogens is 372 g/mol. The quantitative estimate of drug-likeness (QED) is 0.780. The molecule has 4 rings (SSSR count). The molecule has 0 unspecified atom stereocenters. The van der Waals surface area contributed by atoms with Gasteiger partial charge in [0.05, 0.1) is 30.3 Å². The zero-order chi connectivity index (χ0) is 18.3. The number of hydrogen-bond donors (Lipinski definition) is 2. The van der Waals surface area contributed by atoms with Crippen molar-refractivity contribution in [3.05, 3.63) is 26.6 Å². The average Bonchev–Trinajstić information content (AvgIpc) is 3.20. The number of aliphatic imine (C=N–C) groups is 1. The van der Waals surface area contributed by atoms with Crippen LogP contribution in [0, 0.1) is 6.92 Å². The summed E-state index contributed by atoms with van der Waals surface area (Å²) in [6.07, 6.45) is 4.82. The Labute approximate surface area is 158 Å². The highest BCUT2D eigenvalue weighted by molar-refractivity contribution is 8.13. The minimum absolute atomic E-state index is 0.218. The maximum Gasteiger partial charge on any atom is 0.348 e. The Morgan fingerprint density at radius 1 is 1.38 bits per heavy atom. The van der Waals surface area contributed by atoms with E-state index in [4.69, 9.17) is 9.73 Å². The van der Waals surface area contributed by atoms with Crippen molar-refractivity contribution in [2.75, 3.05) is 7.11 Å². The molecule has 2 aliphatic rings. The number of aromatic nitrogens is 2. The second-order valence-electron chi connectivity index (χ2n) is 6.57. The molecule has 0 spiro atoms. The summed E-state index contributed by atoms with van der Waals surface area (Å²) >= 11 is 2.76. The number of nitrogens with one attached hydrogen (secondary N) is 2. The van der Waals surface area contributed by atoms with Gasteiger partial charge in [-0.3, -0.25) is 9.79 Å². The van der Waals surface area contributed by atoms with E-state index in [1.54, 1.807) is 18.7 Å². The van der Waals surface area contributed by atoms with Gasteiger partial charge in [0.2, 0.25) is 0 Å². The van der Waals surface area contributed by atoms with Crippen LogP contribution >= 0.6 is 23.1 Å². The van der Waals surface area contributed by atoms with Crippen molar-refractivity contribution in [2.24, 2.45) is 4.99 Å². The number of amidine groups is 1. The first-order valence-corrected chi connectivity index (χ1v) is 10.4. The minimum Gasteiger partial charge on any atom is -0.465 e. The highest BCUT2D eigenvalue weighted by atomic mass is 32.2. The summed E-state index contributed by atoms with van der Waals surface area (Å²) in [5.74, 6) is 0.679. The molecule has 7 nitrogen and oxygen atoms in total. The van der Waals surface area contributed by atoms with Gasteiger partial charge in [-0.1, -0.05) is 24.6 Å². The number of carbonyl (C=O) groups is 1. The molecule has 138 valence electrons. The number of thioether (sulfide) groups is 1. The second-order valence-corrected chi connectivity index (χ2v) is 8.53. The van der Waals surface area contributed by atoms with E-state index in [-0.39, 0.29) is 5.56 Å². The van der Waals surface area contributed by atoms with Gasteiger partial charge in [-0.15, -0.1) is 11.3 Å². The van der Waals surface area contributed by atoms with E-state index in [0.717, 1.165) is 11.6 Å². The molecule has 1 aliphatic carbocycles. The van der Waals surface area contributed by atoms with Crippen molar-refractivity contribution in [1.82, 2.24) is 15.3 Å². The maximum atomic E-state index is 12.4. The highest BCUT2D eigenvalue weighted by Gasteiger charge is 2.30. The fourth-order valence-corrected chi connectivity index (χ4v) is 5.51. The van der Waals surface area contributed by atoms with Gasteiger partial charge in [0, 0.05) is 0 Å². The lowest BCUT2D eigenvalue weighted by molar-refractivity contribution is 0.0605. The van der Waals surface area contributed by atoms with E-state index in [1.165, 1.54) is 37.7 Å². The first-order chi connectivity index (χ1) is 12.6. The molecular formula is C17H20N4O3S2. The summed E-state index contributed by atoms with van der Waals surface area (Å²) in [6, 6.07) is 0.853. The number of rotatable bonds is 3. The van der Waals surface area contributed by atoms with E-state index < -0.39 is 5.97 Å². The third-order valence-electron chi connectivity index (χ3n) is 4.89. The van der Waals surface area contributed by atoms with Crippen molar-refractivity contribution in [2.45, 2.75) is 50.4 Å². The van der Waals surface area contributed by atoms with Gasteiger partial charge in [-0.2, -0.15) is 0 Å². The van der Waals surface area contributed by atoms with Crippen LogP contribution in [-0.4, -0.2) is 40.3 Å². The maximum absolute atomic E-state index is 12.4. The van der Waals surface area contributed by atoms with E-state index >= 15 is 0 Å². The van der Waals surface area contributed by atoms with Gasteiger partial charge in [0.25, 0.3) is 5.56 Å². The third-order valence-corrected chi connectivity index (χ3v) is 6.97. The summed E-state index contributed by atoms with van der Waals surface area (Å²) in [7, 11) is 1.33. The molecule has 2 aromatic rings. The molecule has 0 bridgehead atoms. The van der Waals surface area contributed by atoms with E-state index in [0.29, 0.717) is 44.3 Å². The largest absolute Gasteiger partial charge is 0.465 e. The first-order valence-electron chi connectivity index (χ1n) is 8.64. The van der Waals surface area contributed by atoms with Crippen LogP contribution in [0.1, 0.15) is 46.7 Å². The number of ether oxygens (including phenoxy) is 1. The Balaban J connectivity index is 1.54. The van der Waals surface area contributed by atoms with E-state index in [2.05, 4.69) is 15.3 Å². The van der Waals surface area contributed by atoms with Crippen LogP contribution in [0.25, 0.3) is 10.2 Å². The standard InChI is InChI=1S/C17H20N4O3S2/c1-8-12-14(22)20-11(21-15(12)26-13(8)16(23)24-2)7-25-17-18-9-5-3-4-6-10(9)19-17/h9-10H,3-7H2,1-2H3,(H,18,19)(H,20,21,22)/t9-,10+. The van der Waals surface area contributed by atoms with Gasteiger partial charge in [0.15, 0.2) is 5.17 Å². The minimum atomic E-state index is -0.437. The molecule has 3 heterocycles. The molecule has 2 N–H and O–H groups in total. The number of aromatic amines is 1. The van der Waals surface area contributed by atoms with Crippen LogP contribution in [0.5, 0.6) is 0 Å². The molecule has 0 amide bonds. The lowest BCUT2D eigenvalue weighted by atomic mass is 9.92. The molecule has 0 radical (unpaired) electrons. The van der Waals surface area contributed by atoms with Crippen molar-refractivity contribution < 1.29 is 9.53 Å². The van der Waals surface area contributed by atoms with Crippen molar-refractivity contribution in [3.8, 4) is 0 Å². The summed E-state index contributed by atoms with van der Waals surface area (Å²) in [6.45, 7) is 1.75. The zero-order valence-electron chi connectivity index (χ0n) is 14.6. The van der Waals surface area contributed by atoms with Crippen LogP contribution in [0.2, 0.25) is 0 Å². The van der Waals surface area contributed by atoms with Crippen LogP contribution in [0.15, 0.2) is 9.79 Å². The SMILES string of the molecule is COC(=O)c1sc2nc(CSC3=N[C@@H]4CCCC[C@@H]4N3)[nH]c(=O)c2c1C. The van der Waals surface area contributed by atoms with E-state index in [9.17, 15) is 9.59 Å². The lowest BCUT2D eigenvalue weighted by Gasteiger charge is -2.23. The number of esters is 1. The Kier molecular flexibility index (Phi) is 4.74. The van der Waals surface area contributed by atoms with Gasteiger partial charge in [-0.25, -0.2) is 9.78 Å². The average molecular weight is 393 g/mol. The van der Waals surface area contributed by atoms with Crippen molar-refractivity contribution >= 4 is 44.5 Å². The molecule has 2 atom stereocenters. The predicted octanol–water partition coefficient (Wildman–Crippen LogP) is 2.58. The van der Waals surface area contributed by atoms with Crippen LogP contribution in [0.4, 0.5) is 0 Å². The Hall–Kier alpha value is -1.87. The topological polar surface area (TPSA) is 96.4 Å². The first kappa shape index (κ1) is 17.5. The number of H-pyrrole nitrogens is 1. The smallest absolute Gasteiger partial charge is 0.348 e. The molecule has 0 saturated heterocycles. The number of fused-ring (bicyclic) bond motifs is 2. The van der Waals surface area contributed by atoms with Gasteiger partial charge in [-0.05, 0) is 25.3 Å². The zero-order valence-corrected chi connectivity index (χ0v) is 16.3.